The molecular weight excluding hydrogens is 241 g/mol. The van der Waals surface area contributed by atoms with Crippen LogP contribution in [0.2, 0.25) is 0 Å². The van der Waals surface area contributed by atoms with Crippen molar-refractivity contribution >= 4 is 0 Å². The van der Waals surface area contributed by atoms with E-state index < -0.39 is 0 Å². The van der Waals surface area contributed by atoms with Gasteiger partial charge in [0, 0.05) is 17.8 Å². The molecule has 1 aromatic heterocycles. The van der Waals surface area contributed by atoms with Gasteiger partial charge in [0.2, 0.25) is 0 Å². The van der Waals surface area contributed by atoms with Gasteiger partial charge in [-0.3, -0.25) is 0 Å². The van der Waals surface area contributed by atoms with E-state index in [1.54, 1.807) is 12.1 Å². The molecule has 100 valence electrons. The predicted octanol–water partition coefficient (Wildman–Crippen LogP) is 2.32. The molecule has 1 heterocycles. The molecule has 3 nitrogen and oxygen atoms in total. The van der Waals surface area contributed by atoms with Gasteiger partial charge >= 0.3 is 0 Å². The van der Waals surface area contributed by atoms with Crippen molar-refractivity contribution in [2.24, 2.45) is 5.73 Å². The highest BCUT2D eigenvalue weighted by atomic mass is 19.1. The van der Waals surface area contributed by atoms with Gasteiger partial charge in [-0.1, -0.05) is 18.2 Å². The molecule has 0 unspecified atom stereocenters. The second-order valence-electron chi connectivity index (χ2n) is 4.60. The van der Waals surface area contributed by atoms with Gasteiger partial charge in [0.1, 0.15) is 11.6 Å². The summed E-state index contributed by atoms with van der Waals surface area (Å²) >= 11 is 0. The van der Waals surface area contributed by atoms with E-state index >= 15 is 0 Å². The monoisotopic (exact) mass is 259 g/mol. The zero-order chi connectivity index (χ0) is 13.8. The van der Waals surface area contributed by atoms with Crippen LogP contribution in [0, 0.1) is 19.7 Å². The van der Waals surface area contributed by atoms with Gasteiger partial charge in [0.15, 0.2) is 0 Å². The van der Waals surface area contributed by atoms with Crippen LogP contribution in [0.15, 0.2) is 24.3 Å². The molecule has 0 amide bonds. The SMILES string of the molecule is Cc1nc(Cc2ccccc2F)nc(C)c1CCN. The van der Waals surface area contributed by atoms with E-state index in [-0.39, 0.29) is 5.82 Å². The molecule has 1 aromatic carbocycles. The molecule has 0 aliphatic carbocycles. The molecule has 0 atom stereocenters. The van der Waals surface area contributed by atoms with Crippen molar-refractivity contribution < 1.29 is 4.39 Å². The molecular formula is C15H18FN3. The van der Waals surface area contributed by atoms with Crippen LogP contribution in [0.5, 0.6) is 0 Å². The first-order valence-electron chi connectivity index (χ1n) is 6.38. The van der Waals surface area contributed by atoms with Crippen molar-refractivity contribution in [3.63, 3.8) is 0 Å². The third kappa shape index (κ3) is 3.15. The lowest BCUT2D eigenvalue weighted by Gasteiger charge is -2.10. The Hall–Kier alpha value is -1.81. The molecule has 0 bridgehead atoms. The van der Waals surface area contributed by atoms with Gasteiger partial charge in [-0.25, -0.2) is 14.4 Å². The quantitative estimate of drug-likeness (QED) is 0.916. The molecule has 0 radical (unpaired) electrons. The van der Waals surface area contributed by atoms with Crippen LogP contribution < -0.4 is 5.73 Å². The van der Waals surface area contributed by atoms with Crippen LogP contribution in [0.3, 0.4) is 0 Å². The predicted molar refractivity (Wildman–Crippen MR) is 73.5 cm³/mol. The summed E-state index contributed by atoms with van der Waals surface area (Å²) in [6.45, 7) is 4.48. The van der Waals surface area contributed by atoms with Crippen LogP contribution in [0.25, 0.3) is 0 Å². The summed E-state index contributed by atoms with van der Waals surface area (Å²) in [4.78, 5) is 8.91. The normalized spacial score (nSPS) is 10.7. The van der Waals surface area contributed by atoms with Gasteiger partial charge in [-0.15, -0.1) is 0 Å². The fourth-order valence-electron chi connectivity index (χ4n) is 2.21. The van der Waals surface area contributed by atoms with Gasteiger partial charge in [-0.2, -0.15) is 0 Å². The number of aromatic nitrogens is 2. The Labute approximate surface area is 112 Å². The van der Waals surface area contributed by atoms with Crippen molar-refractivity contribution in [2.75, 3.05) is 6.54 Å². The maximum atomic E-state index is 13.6. The fraction of sp³-hybridized carbons (Fsp3) is 0.333. The van der Waals surface area contributed by atoms with E-state index in [2.05, 4.69) is 9.97 Å². The number of benzene rings is 1. The molecule has 0 saturated carbocycles. The minimum atomic E-state index is -0.215. The standard InChI is InChI=1S/C15H18FN3/c1-10-13(7-8-17)11(2)19-15(18-10)9-12-5-3-4-6-14(12)16/h3-6H,7-9,17H2,1-2H3. The molecule has 0 saturated heterocycles. The van der Waals surface area contributed by atoms with Crippen LogP contribution in [0.4, 0.5) is 4.39 Å². The summed E-state index contributed by atoms with van der Waals surface area (Å²) < 4.78 is 13.6. The fourth-order valence-corrected chi connectivity index (χ4v) is 2.21. The first-order valence-corrected chi connectivity index (χ1v) is 6.38. The third-order valence-corrected chi connectivity index (χ3v) is 3.17. The Morgan fingerprint density at radius 2 is 1.74 bits per heavy atom. The number of hydrogen-bond donors (Lipinski definition) is 1. The van der Waals surface area contributed by atoms with Crippen molar-refractivity contribution in [1.82, 2.24) is 9.97 Å². The number of nitrogens with two attached hydrogens (primary N) is 1. The second-order valence-corrected chi connectivity index (χ2v) is 4.60. The average Bonchev–Trinajstić information content (AvgIpc) is 2.37. The zero-order valence-corrected chi connectivity index (χ0v) is 11.3. The Morgan fingerprint density at radius 1 is 1.11 bits per heavy atom. The summed E-state index contributed by atoms with van der Waals surface area (Å²) in [7, 11) is 0. The van der Waals surface area contributed by atoms with Crippen molar-refractivity contribution in [3.8, 4) is 0 Å². The maximum Gasteiger partial charge on any atom is 0.133 e. The highest BCUT2D eigenvalue weighted by Gasteiger charge is 2.10. The van der Waals surface area contributed by atoms with Crippen LogP contribution in [-0.2, 0) is 12.8 Å². The molecule has 0 aliphatic heterocycles. The molecule has 4 heteroatoms. The largest absolute Gasteiger partial charge is 0.330 e. The summed E-state index contributed by atoms with van der Waals surface area (Å²) in [6, 6.07) is 6.72. The van der Waals surface area contributed by atoms with Gasteiger partial charge in [-0.05, 0) is 44.0 Å². The van der Waals surface area contributed by atoms with Crippen molar-refractivity contribution in [1.29, 1.82) is 0 Å². The van der Waals surface area contributed by atoms with E-state index in [9.17, 15) is 4.39 Å². The number of nitrogens with zero attached hydrogens (tertiary/aromatic N) is 2. The zero-order valence-electron chi connectivity index (χ0n) is 11.3. The van der Waals surface area contributed by atoms with Crippen molar-refractivity contribution in [3.05, 3.63) is 58.4 Å². The Bertz CT molecular complexity index is 558. The third-order valence-electron chi connectivity index (χ3n) is 3.17. The summed E-state index contributed by atoms with van der Waals surface area (Å²) in [5, 5.41) is 0. The molecule has 0 fully saturated rings. The highest BCUT2D eigenvalue weighted by Crippen LogP contribution is 2.14. The Morgan fingerprint density at radius 3 is 2.32 bits per heavy atom. The van der Waals surface area contributed by atoms with Gasteiger partial charge in [0.25, 0.3) is 0 Å². The summed E-state index contributed by atoms with van der Waals surface area (Å²) in [5.41, 5.74) is 9.16. The van der Waals surface area contributed by atoms with E-state index in [0.29, 0.717) is 24.4 Å². The maximum absolute atomic E-state index is 13.6. The minimum Gasteiger partial charge on any atom is -0.330 e. The topological polar surface area (TPSA) is 51.8 Å². The number of hydrogen-bond acceptors (Lipinski definition) is 3. The van der Waals surface area contributed by atoms with Crippen molar-refractivity contribution in [2.45, 2.75) is 26.7 Å². The summed E-state index contributed by atoms with van der Waals surface area (Å²) in [6.07, 6.45) is 1.19. The van der Waals surface area contributed by atoms with Gasteiger partial charge in [0.05, 0.1) is 0 Å². The van der Waals surface area contributed by atoms with E-state index in [1.807, 2.05) is 19.9 Å². The van der Waals surface area contributed by atoms with Crippen LogP contribution in [0.1, 0.15) is 28.3 Å². The van der Waals surface area contributed by atoms with E-state index in [0.717, 1.165) is 23.4 Å². The Balaban J connectivity index is 2.30. The molecule has 0 aliphatic rings. The summed E-state index contributed by atoms with van der Waals surface area (Å²) in [5.74, 6) is 0.438. The number of aryl methyl sites for hydroxylation is 2. The lowest BCUT2D eigenvalue weighted by atomic mass is 10.1. The highest BCUT2D eigenvalue weighted by molar-refractivity contribution is 5.27. The van der Waals surface area contributed by atoms with E-state index in [4.69, 9.17) is 5.73 Å². The van der Waals surface area contributed by atoms with Crippen LogP contribution >= 0.6 is 0 Å². The molecule has 2 rings (SSSR count). The lowest BCUT2D eigenvalue weighted by Crippen LogP contribution is -2.11. The average molecular weight is 259 g/mol. The smallest absolute Gasteiger partial charge is 0.133 e. The first-order chi connectivity index (χ1) is 9.11. The number of rotatable bonds is 4. The second kappa shape index (κ2) is 5.89. The molecule has 2 aromatic rings. The van der Waals surface area contributed by atoms with E-state index in [1.165, 1.54) is 6.07 Å². The Kier molecular flexibility index (Phi) is 4.22. The molecule has 19 heavy (non-hydrogen) atoms. The number of halogens is 1. The molecule has 0 spiro atoms. The lowest BCUT2D eigenvalue weighted by molar-refractivity contribution is 0.611. The molecule has 2 N–H and O–H groups in total. The first kappa shape index (κ1) is 13.6. The minimum absolute atomic E-state index is 0.215. The van der Waals surface area contributed by atoms with Crippen LogP contribution in [-0.4, -0.2) is 16.5 Å². The van der Waals surface area contributed by atoms with Gasteiger partial charge < -0.3 is 5.73 Å².